The van der Waals surface area contributed by atoms with Crippen molar-refractivity contribution in [1.82, 2.24) is 0 Å². The lowest BCUT2D eigenvalue weighted by Crippen LogP contribution is -2.11. The fourth-order valence-corrected chi connectivity index (χ4v) is 0.760. The largest absolute Gasteiger partial charge is 0.301 e. The molecule has 0 saturated heterocycles. The quantitative estimate of drug-likeness (QED) is 0.376. The lowest BCUT2D eigenvalue weighted by atomic mass is 10.1. The van der Waals surface area contributed by atoms with Gasteiger partial charge in [-0.1, -0.05) is 0 Å². The van der Waals surface area contributed by atoms with Crippen LogP contribution in [-0.4, -0.2) is 30.1 Å². The van der Waals surface area contributed by atoms with Crippen LogP contribution in [0.1, 0.15) is 0 Å². The molecule has 2 heteroatoms. The molecule has 0 amide bonds. The summed E-state index contributed by atoms with van der Waals surface area (Å²) in [6.45, 7) is 0. The Balaban J connectivity index is 2.91. The van der Waals surface area contributed by atoms with Crippen LogP contribution in [0, 0.1) is 5.41 Å². The van der Waals surface area contributed by atoms with Crippen molar-refractivity contribution in [2.75, 3.05) is 14.1 Å². The third-order valence-electron chi connectivity index (χ3n) is 1.38. The Morgan fingerprint density at radius 1 is 1.10 bits per heavy atom. The molecule has 52 valence electrons. The molecule has 10 heavy (non-hydrogen) atoms. The average molecular weight is 135 g/mol. The first-order valence-corrected chi connectivity index (χ1v) is 3.19. The second-order valence-corrected chi connectivity index (χ2v) is 2.44. The molecule has 0 spiro atoms. The molecular formula is C8H11N2+. The van der Waals surface area contributed by atoms with Crippen molar-refractivity contribution >= 4 is 11.4 Å². The topological polar surface area (TPSA) is 26.9 Å². The van der Waals surface area contributed by atoms with Crippen molar-refractivity contribution in [3.05, 3.63) is 24.3 Å². The standard InChI is InChI=1S/C8H11N2/c1-10(2)8-5-3-7(9)4-6-8/h3-6,9H,1-2H3/q+1. The SMILES string of the molecule is C[N+](C)=C1C=CC(=N)C=C1. The first-order valence-electron chi connectivity index (χ1n) is 3.19. The zero-order valence-electron chi connectivity index (χ0n) is 6.26. The van der Waals surface area contributed by atoms with Crippen LogP contribution < -0.4 is 0 Å². The zero-order chi connectivity index (χ0) is 7.56. The van der Waals surface area contributed by atoms with Gasteiger partial charge in [-0.05, 0) is 12.2 Å². The molecule has 0 heterocycles. The normalized spacial score (nSPS) is 16.2. The van der Waals surface area contributed by atoms with Gasteiger partial charge in [0.25, 0.3) is 0 Å². The van der Waals surface area contributed by atoms with Crippen molar-refractivity contribution in [3.8, 4) is 0 Å². The van der Waals surface area contributed by atoms with E-state index in [0.29, 0.717) is 5.71 Å². The third kappa shape index (κ3) is 1.41. The van der Waals surface area contributed by atoms with Crippen molar-refractivity contribution in [3.63, 3.8) is 0 Å². The third-order valence-corrected chi connectivity index (χ3v) is 1.38. The summed E-state index contributed by atoms with van der Waals surface area (Å²) in [5, 5.41) is 7.21. The van der Waals surface area contributed by atoms with Crippen molar-refractivity contribution in [2.24, 2.45) is 0 Å². The van der Waals surface area contributed by atoms with Gasteiger partial charge in [0.2, 0.25) is 0 Å². The van der Waals surface area contributed by atoms with Crippen LogP contribution in [0.25, 0.3) is 0 Å². The van der Waals surface area contributed by atoms with E-state index in [9.17, 15) is 0 Å². The maximum Gasteiger partial charge on any atom is 0.199 e. The van der Waals surface area contributed by atoms with Crippen LogP contribution in [0.3, 0.4) is 0 Å². The summed E-state index contributed by atoms with van der Waals surface area (Å²) >= 11 is 0. The highest BCUT2D eigenvalue weighted by Gasteiger charge is 2.02. The Morgan fingerprint density at radius 3 is 2.00 bits per heavy atom. The van der Waals surface area contributed by atoms with Crippen LogP contribution in [0.4, 0.5) is 0 Å². The molecule has 0 atom stereocenters. The average Bonchev–Trinajstić information content (AvgIpc) is 1.88. The van der Waals surface area contributed by atoms with E-state index in [4.69, 9.17) is 5.41 Å². The molecule has 1 rings (SSSR count). The maximum absolute atomic E-state index is 7.21. The van der Waals surface area contributed by atoms with E-state index in [2.05, 4.69) is 0 Å². The molecule has 0 fully saturated rings. The highest BCUT2D eigenvalue weighted by atomic mass is 14.9. The Hall–Kier alpha value is -1.18. The van der Waals surface area contributed by atoms with E-state index < -0.39 is 0 Å². The fraction of sp³-hybridized carbons (Fsp3) is 0.250. The zero-order valence-corrected chi connectivity index (χ0v) is 6.26. The van der Waals surface area contributed by atoms with Gasteiger partial charge in [-0.15, -0.1) is 0 Å². The summed E-state index contributed by atoms with van der Waals surface area (Å²) in [7, 11) is 3.97. The van der Waals surface area contributed by atoms with Gasteiger partial charge in [0.15, 0.2) is 5.71 Å². The van der Waals surface area contributed by atoms with Gasteiger partial charge in [0, 0.05) is 12.2 Å². The second kappa shape index (κ2) is 2.60. The maximum atomic E-state index is 7.21. The van der Waals surface area contributed by atoms with E-state index in [1.54, 1.807) is 12.2 Å². The van der Waals surface area contributed by atoms with E-state index >= 15 is 0 Å². The number of nitrogens with one attached hydrogen (secondary N) is 1. The van der Waals surface area contributed by atoms with E-state index in [1.165, 1.54) is 0 Å². The van der Waals surface area contributed by atoms with Crippen LogP contribution in [0.2, 0.25) is 0 Å². The molecule has 0 saturated carbocycles. The fourth-order valence-electron chi connectivity index (χ4n) is 0.760. The van der Waals surface area contributed by atoms with E-state index in [1.807, 2.05) is 30.8 Å². The smallest absolute Gasteiger partial charge is 0.199 e. The van der Waals surface area contributed by atoms with Gasteiger partial charge >= 0.3 is 0 Å². The predicted octanol–water partition coefficient (Wildman–Crippen LogP) is 0.845. The Labute approximate surface area is 60.7 Å². The Morgan fingerprint density at radius 2 is 1.60 bits per heavy atom. The second-order valence-electron chi connectivity index (χ2n) is 2.44. The van der Waals surface area contributed by atoms with Gasteiger partial charge in [0.05, 0.1) is 5.71 Å². The predicted molar refractivity (Wildman–Crippen MR) is 43.1 cm³/mol. The van der Waals surface area contributed by atoms with E-state index in [0.717, 1.165) is 5.71 Å². The number of nitrogens with zero attached hydrogens (tertiary/aromatic N) is 1. The number of rotatable bonds is 0. The van der Waals surface area contributed by atoms with Crippen LogP contribution in [0.5, 0.6) is 0 Å². The lowest BCUT2D eigenvalue weighted by molar-refractivity contribution is -0.462. The van der Waals surface area contributed by atoms with Gasteiger partial charge < -0.3 is 5.41 Å². The van der Waals surface area contributed by atoms with Gasteiger partial charge in [0.1, 0.15) is 14.1 Å². The molecule has 1 aliphatic carbocycles. The van der Waals surface area contributed by atoms with Crippen molar-refractivity contribution in [2.45, 2.75) is 0 Å². The molecule has 0 aromatic heterocycles. The van der Waals surface area contributed by atoms with Gasteiger partial charge in [-0.2, -0.15) is 0 Å². The monoisotopic (exact) mass is 135 g/mol. The molecule has 0 aromatic carbocycles. The molecule has 1 N–H and O–H groups in total. The van der Waals surface area contributed by atoms with E-state index in [-0.39, 0.29) is 0 Å². The first kappa shape index (κ1) is 6.93. The van der Waals surface area contributed by atoms with Crippen molar-refractivity contribution < 1.29 is 4.58 Å². The number of hydrogen-bond donors (Lipinski definition) is 1. The summed E-state index contributed by atoms with van der Waals surface area (Å²) in [5.74, 6) is 0. The minimum Gasteiger partial charge on any atom is -0.301 e. The Bertz CT molecular complexity index is 222. The summed E-state index contributed by atoms with van der Waals surface area (Å²) in [4.78, 5) is 0. The molecule has 0 aliphatic heterocycles. The molecule has 1 aliphatic rings. The van der Waals surface area contributed by atoms with Crippen LogP contribution >= 0.6 is 0 Å². The highest BCUT2D eigenvalue weighted by Crippen LogP contribution is 1.93. The lowest BCUT2D eigenvalue weighted by Gasteiger charge is -1.96. The molecule has 0 bridgehead atoms. The molecule has 0 radical (unpaired) electrons. The molecule has 2 nitrogen and oxygen atoms in total. The molecule has 0 unspecified atom stereocenters. The van der Waals surface area contributed by atoms with Gasteiger partial charge in [-0.3, -0.25) is 0 Å². The van der Waals surface area contributed by atoms with Crippen LogP contribution in [0.15, 0.2) is 24.3 Å². The molecule has 0 aromatic rings. The number of hydrogen-bond acceptors (Lipinski definition) is 1. The molecular weight excluding hydrogens is 124 g/mol. The summed E-state index contributed by atoms with van der Waals surface area (Å²) in [5.41, 5.74) is 1.70. The summed E-state index contributed by atoms with van der Waals surface area (Å²) in [6, 6.07) is 0. The summed E-state index contributed by atoms with van der Waals surface area (Å²) in [6.07, 6.45) is 7.44. The minimum absolute atomic E-state index is 0.561. The minimum atomic E-state index is 0.561. The first-order chi connectivity index (χ1) is 4.70. The van der Waals surface area contributed by atoms with Gasteiger partial charge in [-0.25, -0.2) is 4.58 Å². The summed E-state index contributed by atoms with van der Waals surface area (Å²) < 4.78 is 2.01. The number of allylic oxidation sites excluding steroid dienone is 4. The van der Waals surface area contributed by atoms with Crippen LogP contribution in [-0.2, 0) is 0 Å². The Kier molecular flexibility index (Phi) is 1.81. The van der Waals surface area contributed by atoms with Crippen molar-refractivity contribution in [1.29, 1.82) is 5.41 Å². The highest BCUT2D eigenvalue weighted by molar-refractivity contribution is 6.15.